The number of hydrogen-bond acceptors (Lipinski definition) is 7. The maximum absolute atomic E-state index is 13.0. The Hall–Kier alpha value is -2.95. The molecule has 10 heteroatoms. The minimum absolute atomic E-state index is 0.0330. The molecule has 2 aromatic carbocycles. The number of carbonyl (C=O) groups excluding carboxylic acids is 1. The van der Waals surface area contributed by atoms with Crippen LogP contribution in [-0.4, -0.2) is 52.5 Å². The van der Waals surface area contributed by atoms with Crippen molar-refractivity contribution < 1.29 is 17.6 Å². The lowest BCUT2D eigenvalue weighted by molar-refractivity contribution is 0.102. The van der Waals surface area contributed by atoms with Gasteiger partial charge in [-0.25, -0.2) is 8.42 Å². The monoisotopic (exact) mass is 496 g/mol. The van der Waals surface area contributed by atoms with E-state index in [-0.39, 0.29) is 27.5 Å². The Balaban J connectivity index is 1.31. The van der Waals surface area contributed by atoms with Crippen LogP contribution in [0.15, 0.2) is 63.1 Å². The predicted molar refractivity (Wildman–Crippen MR) is 130 cm³/mol. The van der Waals surface area contributed by atoms with Gasteiger partial charge in [0.05, 0.1) is 10.6 Å². The average molecular weight is 497 g/mol. The number of nitrogens with zero attached hydrogens (tertiary/aromatic N) is 3. The van der Waals surface area contributed by atoms with Crippen LogP contribution in [0.25, 0.3) is 22.4 Å². The summed E-state index contributed by atoms with van der Waals surface area (Å²) in [7, 11) is -3.56. The number of fused-ring (bicyclic) bond motifs is 1. The van der Waals surface area contributed by atoms with Crippen LogP contribution in [0.4, 0.5) is 0 Å². The second kappa shape index (κ2) is 9.36. The summed E-state index contributed by atoms with van der Waals surface area (Å²) in [5.74, 6) is 0.330. The molecule has 3 heterocycles. The molecule has 1 saturated heterocycles. The minimum atomic E-state index is -3.56. The highest BCUT2D eigenvalue weighted by Gasteiger charge is 2.26. The number of Topliss-reactive ketones (excluding diaryl/α,β-unsaturated/α-hetero) is 1. The molecule has 8 nitrogen and oxygen atoms in total. The molecule has 1 N–H and O–H groups in total. The Labute approximate surface area is 201 Å². The number of aryl methyl sites for hydroxylation is 1. The van der Waals surface area contributed by atoms with Gasteiger partial charge in [0.25, 0.3) is 5.22 Å². The maximum Gasteiger partial charge on any atom is 0.277 e. The molecule has 0 radical (unpaired) electrons. The molecule has 0 saturated carbocycles. The molecule has 4 aromatic rings. The van der Waals surface area contributed by atoms with Gasteiger partial charge in [-0.05, 0) is 44.0 Å². The van der Waals surface area contributed by atoms with Crippen LogP contribution in [0.5, 0.6) is 0 Å². The van der Waals surface area contributed by atoms with Crippen molar-refractivity contribution in [2.24, 2.45) is 0 Å². The highest BCUT2D eigenvalue weighted by atomic mass is 32.2. The molecule has 1 fully saturated rings. The lowest BCUT2D eigenvalue weighted by Gasteiger charge is -2.25. The summed E-state index contributed by atoms with van der Waals surface area (Å²) in [5.41, 5.74) is 2.94. The van der Waals surface area contributed by atoms with E-state index in [0.29, 0.717) is 24.2 Å². The molecule has 1 aliphatic heterocycles. The minimum Gasteiger partial charge on any atom is -0.411 e. The van der Waals surface area contributed by atoms with E-state index in [1.165, 1.54) is 4.31 Å². The van der Waals surface area contributed by atoms with Crippen molar-refractivity contribution in [1.29, 1.82) is 0 Å². The molecule has 176 valence electrons. The van der Waals surface area contributed by atoms with E-state index in [4.69, 9.17) is 4.42 Å². The highest BCUT2D eigenvalue weighted by Crippen LogP contribution is 2.29. The van der Waals surface area contributed by atoms with E-state index < -0.39 is 10.0 Å². The largest absolute Gasteiger partial charge is 0.411 e. The summed E-state index contributed by atoms with van der Waals surface area (Å²) in [4.78, 5) is 16.3. The fourth-order valence-electron chi connectivity index (χ4n) is 4.26. The average Bonchev–Trinajstić information content (AvgIpc) is 3.47. The molecule has 2 aromatic heterocycles. The van der Waals surface area contributed by atoms with Crippen LogP contribution in [0.2, 0.25) is 0 Å². The van der Waals surface area contributed by atoms with Gasteiger partial charge in [0, 0.05) is 40.8 Å². The SMILES string of the molecule is Cc1[nH]c2ccccc2c1C(=O)CSc1nnc(-c2cccc(S(=O)(=O)N3CCCCC3)c2)o1. The fourth-order valence-corrected chi connectivity index (χ4v) is 6.46. The Morgan fingerprint density at radius 3 is 2.71 bits per heavy atom. The molecular weight excluding hydrogens is 472 g/mol. The smallest absolute Gasteiger partial charge is 0.277 e. The second-order valence-corrected chi connectivity index (χ2v) is 11.1. The fraction of sp³-hybridized carbons (Fsp3) is 0.292. The number of para-hydroxylation sites is 1. The summed E-state index contributed by atoms with van der Waals surface area (Å²) in [6, 6.07) is 14.2. The number of thioether (sulfide) groups is 1. The van der Waals surface area contributed by atoms with E-state index >= 15 is 0 Å². The lowest BCUT2D eigenvalue weighted by Crippen LogP contribution is -2.35. The zero-order chi connectivity index (χ0) is 23.7. The topological polar surface area (TPSA) is 109 Å². The summed E-state index contributed by atoms with van der Waals surface area (Å²) >= 11 is 1.16. The molecule has 0 amide bonds. The first kappa shape index (κ1) is 22.8. The van der Waals surface area contributed by atoms with Gasteiger partial charge in [-0.3, -0.25) is 4.79 Å². The third kappa shape index (κ3) is 4.40. The number of aromatic amines is 1. The van der Waals surface area contributed by atoms with Crippen molar-refractivity contribution >= 4 is 38.5 Å². The summed E-state index contributed by atoms with van der Waals surface area (Å²) in [6.07, 6.45) is 2.80. The standard InChI is InChI=1S/C24H24N4O4S2/c1-16-22(19-10-3-4-11-20(19)25-16)21(29)15-33-24-27-26-23(32-24)17-8-7-9-18(14-17)34(30,31)28-12-5-2-6-13-28/h3-4,7-11,14,25H,2,5-6,12-13,15H2,1H3. The van der Waals surface area contributed by atoms with Gasteiger partial charge in [0.15, 0.2) is 5.78 Å². The zero-order valence-electron chi connectivity index (χ0n) is 18.7. The van der Waals surface area contributed by atoms with Crippen LogP contribution in [0, 0.1) is 6.92 Å². The van der Waals surface area contributed by atoms with Crippen LogP contribution in [0.1, 0.15) is 35.3 Å². The van der Waals surface area contributed by atoms with E-state index in [9.17, 15) is 13.2 Å². The third-order valence-corrected chi connectivity index (χ3v) is 8.65. The number of aromatic nitrogens is 3. The number of ketones is 1. The van der Waals surface area contributed by atoms with Gasteiger partial charge in [-0.15, -0.1) is 10.2 Å². The van der Waals surface area contributed by atoms with Crippen LogP contribution in [-0.2, 0) is 10.0 Å². The van der Waals surface area contributed by atoms with Gasteiger partial charge in [-0.1, -0.05) is 42.4 Å². The van der Waals surface area contributed by atoms with E-state index in [1.54, 1.807) is 24.3 Å². The van der Waals surface area contributed by atoms with Gasteiger partial charge < -0.3 is 9.40 Å². The molecule has 1 aliphatic rings. The van der Waals surface area contributed by atoms with Crippen LogP contribution < -0.4 is 0 Å². The van der Waals surface area contributed by atoms with Crippen LogP contribution >= 0.6 is 11.8 Å². The van der Waals surface area contributed by atoms with Crippen molar-refractivity contribution in [3.8, 4) is 11.5 Å². The number of H-pyrrole nitrogens is 1. The molecule has 34 heavy (non-hydrogen) atoms. The first-order valence-corrected chi connectivity index (χ1v) is 13.5. The quantitative estimate of drug-likeness (QED) is 0.292. The number of benzene rings is 2. The Kier molecular flexibility index (Phi) is 6.28. The van der Waals surface area contributed by atoms with Gasteiger partial charge >= 0.3 is 0 Å². The Morgan fingerprint density at radius 1 is 1.09 bits per heavy atom. The zero-order valence-corrected chi connectivity index (χ0v) is 20.3. The highest BCUT2D eigenvalue weighted by molar-refractivity contribution is 7.99. The van der Waals surface area contributed by atoms with Gasteiger partial charge in [-0.2, -0.15) is 4.31 Å². The Bertz CT molecular complexity index is 1450. The number of piperidine rings is 1. The van der Waals surface area contributed by atoms with E-state index in [2.05, 4.69) is 15.2 Å². The first-order chi connectivity index (χ1) is 16.4. The molecule has 0 spiro atoms. The summed E-state index contributed by atoms with van der Waals surface area (Å²) in [5, 5.41) is 9.25. The second-order valence-electron chi connectivity index (χ2n) is 8.25. The van der Waals surface area contributed by atoms with E-state index in [1.807, 2.05) is 31.2 Å². The number of nitrogens with one attached hydrogen (secondary N) is 1. The predicted octanol–water partition coefficient (Wildman–Crippen LogP) is 4.68. The number of sulfonamides is 1. The van der Waals surface area contributed by atoms with Crippen molar-refractivity contribution in [2.75, 3.05) is 18.8 Å². The van der Waals surface area contributed by atoms with Crippen molar-refractivity contribution in [2.45, 2.75) is 36.3 Å². The van der Waals surface area contributed by atoms with Crippen molar-refractivity contribution in [1.82, 2.24) is 19.5 Å². The summed E-state index contributed by atoms with van der Waals surface area (Å²) in [6.45, 7) is 2.96. The third-order valence-electron chi connectivity index (χ3n) is 5.94. The summed E-state index contributed by atoms with van der Waals surface area (Å²) < 4.78 is 33.3. The molecule has 5 rings (SSSR count). The number of carbonyl (C=O) groups is 1. The maximum atomic E-state index is 13.0. The molecule has 0 bridgehead atoms. The number of rotatable bonds is 7. The molecule has 0 unspecified atom stereocenters. The van der Waals surface area contributed by atoms with Crippen LogP contribution in [0.3, 0.4) is 0 Å². The van der Waals surface area contributed by atoms with Gasteiger partial charge in [0.2, 0.25) is 15.9 Å². The lowest BCUT2D eigenvalue weighted by atomic mass is 10.1. The Morgan fingerprint density at radius 2 is 1.88 bits per heavy atom. The molecular formula is C24H24N4O4S2. The van der Waals surface area contributed by atoms with Gasteiger partial charge in [0.1, 0.15) is 0 Å². The first-order valence-electron chi connectivity index (χ1n) is 11.1. The normalized spacial score (nSPS) is 15.1. The van der Waals surface area contributed by atoms with E-state index in [0.717, 1.165) is 47.6 Å². The van der Waals surface area contributed by atoms with Crippen molar-refractivity contribution in [3.05, 3.63) is 59.8 Å². The molecule has 0 atom stereocenters. The molecule has 0 aliphatic carbocycles. The van der Waals surface area contributed by atoms with Crippen molar-refractivity contribution in [3.63, 3.8) is 0 Å². The number of hydrogen-bond donors (Lipinski definition) is 1.